The second-order valence-corrected chi connectivity index (χ2v) is 10.1. The summed E-state index contributed by atoms with van der Waals surface area (Å²) in [6, 6.07) is 12.8. The molecule has 4 atom stereocenters. The average molecular weight is 522 g/mol. The molecule has 0 saturated carbocycles. The number of carbonyl (C=O) groups is 1. The summed E-state index contributed by atoms with van der Waals surface area (Å²) in [5.74, 6) is 0.329. The van der Waals surface area contributed by atoms with Crippen LogP contribution in [0.25, 0.3) is 10.8 Å². The van der Waals surface area contributed by atoms with Gasteiger partial charge < -0.3 is 34.8 Å². The van der Waals surface area contributed by atoms with Gasteiger partial charge in [0.15, 0.2) is 0 Å². The van der Waals surface area contributed by atoms with Crippen molar-refractivity contribution in [3.63, 3.8) is 0 Å². The summed E-state index contributed by atoms with van der Waals surface area (Å²) in [5.41, 5.74) is 1.55. The number of aliphatic hydroxyl groups is 4. The number of carbonyl (C=O) groups excluding carboxylic acids is 1. The molecular formula is C25H28ClNO7S. The second kappa shape index (κ2) is 10.8. The lowest BCUT2D eigenvalue weighted by Crippen LogP contribution is -2.42. The van der Waals surface area contributed by atoms with Gasteiger partial charge in [0.25, 0.3) is 12.2 Å². The van der Waals surface area contributed by atoms with E-state index in [1.54, 1.807) is 17.0 Å². The van der Waals surface area contributed by atoms with E-state index in [9.17, 15) is 25.2 Å². The third-order valence-electron chi connectivity index (χ3n) is 6.02. The van der Waals surface area contributed by atoms with E-state index < -0.39 is 31.4 Å². The molecule has 8 nitrogen and oxygen atoms in total. The van der Waals surface area contributed by atoms with Crippen molar-refractivity contribution in [1.82, 2.24) is 0 Å². The summed E-state index contributed by atoms with van der Waals surface area (Å²) in [5, 5.41) is 40.6. The summed E-state index contributed by atoms with van der Waals surface area (Å²) < 4.78 is 11.4. The number of aliphatic hydroxyl groups excluding tert-OH is 3. The van der Waals surface area contributed by atoms with Crippen LogP contribution in [0.15, 0.2) is 42.5 Å². The zero-order valence-corrected chi connectivity index (χ0v) is 20.9. The van der Waals surface area contributed by atoms with Gasteiger partial charge in [0, 0.05) is 34.7 Å². The van der Waals surface area contributed by atoms with Crippen LogP contribution in [0.5, 0.6) is 5.75 Å². The molecule has 4 N–H and O–H groups in total. The fourth-order valence-corrected chi connectivity index (χ4v) is 5.35. The number of hydrogen-bond acceptors (Lipinski definition) is 8. The highest BCUT2D eigenvalue weighted by molar-refractivity contribution is 7.14. The lowest BCUT2D eigenvalue weighted by Gasteiger charge is -2.28. The number of aryl methyl sites for hydroxylation is 1. The van der Waals surface area contributed by atoms with Gasteiger partial charge in [-0.3, -0.25) is 4.79 Å². The molecule has 1 aliphatic heterocycles. The van der Waals surface area contributed by atoms with E-state index in [1.165, 1.54) is 18.3 Å². The van der Waals surface area contributed by atoms with E-state index in [4.69, 9.17) is 21.1 Å². The molecule has 10 heteroatoms. The van der Waals surface area contributed by atoms with Gasteiger partial charge in [0.05, 0.1) is 23.3 Å². The van der Waals surface area contributed by atoms with Crippen LogP contribution in [0.4, 0.5) is 5.69 Å². The van der Waals surface area contributed by atoms with Crippen LogP contribution in [0.2, 0.25) is 0 Å². The highest BCUT2D eigenvalue weighted by Gasteiger charge is 2.36. The van der Waals surface area contributed by atoms with Gasteiger partial charge in [-0.1, -0.05) is 24.3 Å². The van der Waals surface area contributed by atoms with E-state index in [0.29, 0.717) is 28.4 Å². The Morgan fingerprint density at radius 3 is 2.49 bits per heavy atom. The van der Waals surface area contributed by atoms with Crippen LogP contribution in [0, 0.1) is 6.92 Å². The number of ether oxygens (including phenoxy) is 2. The molecule has 1 amide bonds. The molecule has 35 heavy (non-hydrogen) atoms. The van der Waals surface area contributed by atoms with Gasteiger partial charge in [-0.25, -0.2) is 0 Å². The Morgan fingerprint density at radius 2 is 1.91 bits per heavy atom. The normalized spacial score (nSPS) is 18.1. The quantitative estimate of drug-likeness (QED) is 0.252. The maximum absolute atomic E-state index is 13.4. The fourth-order valence-electron chi connectivity index (χ4n) is 4.28. The van der Waals surface area contributed by atoms with Crippen LogP contribution in [-0.4, -0.2) is 70.2 Å². The maximum Gasteiger partial charge on any atom is 0.268 e. The van der Waals surface area contributed by atoms with E-state index in [2.05, 4.69) is 0 Å². The van der Waals surface area contributed by atoms with Crippen molar-refractivity contribution in [2.75, 3.05) is 23.9 Å². The molecule has 0 fully saturated rings. The topological polar surface area (TPSA) is 120 Å². The number of halogens is 1. The summed E-state index contributed by atoms with van der Waals surface area (Å²) >= 11 is 7.74. The molecule has 1 aromatic heterocycles. The molecular weight excluding hydrogens is 494 g/mol. The smallest absolute Gasteiger partial charge is 0.268 e. The van der Waals surface area contributed by atoms with Crippen molar-refractivity contribution >= 4 is 45.3 Å². The molecule has 0 bridgehead atoms. The molecule has 0 spiro atoms. The van der Waals surface area contributed by atoms with Crippen LogP contribution in [0.1, 0.15) is 33.0 Å². The number of rotatable bonds is 9. The van der Waals surface area contributed by atoms with Crippen molar-refractivity contribution in [3.8, 4) is 5.75 Å². The monoisotopic (exact) mass is 521 g/mol. The van der Waals surface area contributed by atoms with Gasteiger partial charge >= 0.3 is 0 Å². The van der Waals surface area contributed by atoms with Crippen LogP contribution >= 0.6 is 22.9 Å². The highest BCUT2D eigenvalue weighted by atomic mass is 35.5. The van der Waals surface area contributed by atoms with Crippen molar-refractivity contribution in [3.05, 3.63) is 57.8 Å². The summed E-state index contributed by atoms with van der Waals surface area (Å²) in [4.78, 5) is 16.7. The van der Waals surface area contributed by atoms with E-state index in [-0.39, 0.29) is 17.6 Å². The number of anilines is 1. The Kier molecular flexibility index (Phi) is 7.97. The van der Waals surface area contributed by atoms with Gasteiger partial charge in [0.2, 0.25) is 6.29 Å². The van der Waals surface area contributed by atoms with Crippen molar-refractivity contribution < 1.29 is 34.7 Å². The summed E-state index contributed by atoms with van der Waals surface area (Å²) in [6.45, 7) is 3.20. The predicted molar refractivity (Wildman–Crippen MR) is 134 cm³/mol. The minimum absolute atomic E-state index is 0.0971. The first kappa shape index (κ1) is 25.8. The molecule has 0 saturated heterocycles. The first-order valence-corrected chi connectivity index (χ1v) is 12.6. The number of nitrogens with zero attached hydrogens (tertiary/aromatic N) is 1. The van der Waals surface area contributed by atoms with Gasteiger partial charge in [0.1, 0.15) is 11.9 Å². The van der Waals surface area contributed by atoms with Gasteiger partial charge in [-0.05, 0) is 36.9 Å². The minimum Gasteiger partial charge on any atom is -0.459 e. The summed E-state index contributed by atoms with van der Waals surface area (Å²) in [7, 11) is 0. The Balaban J connectivity index is 1.79. The molecule has 0 radical (unpaired) electrons. The minimum atomic E-state index is -2.06. The molecule has 4 rings (SSSR count). The average Bonchev–Trinajstić information content (AvgIpc) is 3.44. The maximum atomic E-state index is 13.4. The van der Waals surface area contributed by atoms with Crippen LogP contribution in [0.3, 0.4) is 0 Å². The third-order valence-corrected chi connectivity index (χ3v) is 7.39. The number of hydrogen-bond donors (Lipinski definition) is 4. The predicted octanol–water partition coefficient (Wildman–Crippen LogP) is 2.97. The Labute approximate surface area is 211 Å². The Hall–Kier alpha value is -2.24. The number of alkyl halides is 1. The van der Waals surface area contributed by atoms with Gasteiger partial charge in [-0.15, -0.1) is 22.9 Å². The zero-order chi connectivity index (χ0) is 25.3. The lowest BCUT2D eigenvalue weighted by molar-refractivity contribution is -0.250. The van der Waals surface area contributed by atoms with E-state index >= 15 is 0 Å². The molecule has 2 heterocycles. The standard InChI is InChI=1S/C25H28ClNO7S/c1-13-7-8-21(35-13)23(30)27-11-15(10-26)22-17-6-4-3-5-16(17)19(9-18(22)27)33-25(24(31)32)34-20(12-28)14(2)29/h3-9,14-15,20,24-25,28-29,31-32H,10-12H2,1-2H3. The molecule has 0 aliphatic carbocycles. The first-order valence-electron chi connectivity index (χ1n) is 11.2. The van der Waals surface area contributed by atoms with E-state index in [1.807, 2.05) is 37.3 Å². The van der Waals surface area contributed by atoms with Gasteiger partial charge in [-0.2, -0.15) is 0 Å². The zero-order valence-electron chi connectivity index (χ0n) is 19.3. The highest BCUT2D eigenvalue weighted by Crippen LogP contribution is 2.46. The summed E-state index contributed by atoms with van der Waals surface area (Å²) in [6.07, 6.45) is -5.83. The Morgan fingerprint density at radius 1 is 1.20 bits per heavy atom. The SMILES string of the molecule is Cc1ccc(C(=O)N2CC(CCl)c3c2cc(OC(OC(CO)C(C)O)C(O)O)c2ccccc32)s1. The number of benzene rings is 2. The molecule has 1 aliphatic rings. The van der Waals surface area contributed by atoms with Crippen LogP contribution in [-0.2, 0) is 4.74 Å². The number of amides is 1. The number of fused-ring (bicyclic) bond motifs is 3. The largest absolute Gasteiger partial charge is 0.459 e. The lowest BCUT2D eigenvalue weighted by atomic mass is 9.95. The third kappa shape index (κ3) is 5.17. The molecule has 3 aromatic rings. The van der Waals surface area contributed by atoms with Crippen LogP contribution < -0.4 is 9.64 Å². The number of thiophene rings is 1. The van der Waals surface area contributed by atoms with Crippen molar-refractivity contribution in [2.24, 2.45) is 0 Å². The molecule has 2 aromatic carbocycles. The second-order valence-electron chi connectivity index (χ2n) is 8.53. The first-order chi connectivity index (χ1) is 16.7. The Bertz CT molecular complexity index is 1200. The van der Waals surface area contributed by atoms with E-state index in [0.717, 1.165) is 15.8 Å². The fraction of sp³-hybridized carbons (Fsp3) is 0.400. The molecule has 4 unspecified atom stereocenters. The van der Waals surface area contributed by atoms with Crippen molar-refractivity contribution in [2.45, 2.75) is 44.6 Å². The van der Waals surface area contributed by atoms with Crippen molar-refractivity contribution in [1.29, 1.82) is 0 Å². The molecule has 188 valence electrons.